The predicted molar refractivity (Wildman–Crippen MR) is 130 cm³/mol. The molecule has 1 aliphatic rings. The number of anilines is 1. The molecule has 0 radical (unpaired) electrons. The van der Waals surface area contributed by atoms with Crippen molar-refractivity contribution in [2.75, 3.05) is 4.90 Å². The third-order valence-corrected chi connectivity index (χ3v) is 7.75. The zero-order valence-electron chi connectivity index (χ0n) is 15.8. The highest BCUT2D eigenvalue weighted by Gasteiger charge is 2.43. The first-order valence-corrected chi connectivity index (χ1v) is 11.3. The molecular weight excluding hydrogens is 547 g/mol. The lowest BCUT2D eigenvalue weighted by molar-refractivity contribution is 0.564. The highest BCUT2D eigenvalue weighted by atomic mass is 127. The Morgan fingerprint density at radius 1 is 1.14 bits per heavy atom. The smallest absolute Gasteiger partial charge is 0.174 e. The molecule has 0 saturated carbocycles. The molecule has 3 heterocycles. The first kappa shape index (κ1) is 19.8. The van der Waals surface area contributed by atoms with Crippen molar-refractivity contribution in [2.24, 2.45) is 0 Å². The van der Waals surface area contributed by atoms with Gasteiger partial charge in [-0.2, -0.15) is 0 Å². The lowest BCUT2D eigenvalue weighted by atomic mass is 9.96. The molecule has 144 valence electrons. The maximum atomic E-state index is 5.81. The lowest BCUT2D eigenvalue weighted by Crippen LogP contribution is -2.29. The van der Waals surface area contributed by atoms with E-state index in [9.17, 15) is 0 Å². The van der Waals surface area contributed by atoms with E-state index in [1.165, 1.54) is 20.4 Å². The number of thiocarbonyl (C=S) groups is 1. The molecule has 1 fully saturated rings. The van der Waals surface area contributed by atoms with Crippen LogP contribution in [0.5, 0.6) is 0 Å². The molecule has 4 rings (SSSR count). The number of halogens is 2. The number of benzene rings is 1. The van der Waals surface area contributed by atoms with Crippen molar-refractivity contribution in [1.82, 2.24) is 15.3 Å². The maximum absolute atomic E-state index is 5.81. The largest absolute Gasteiger partial charge is 0.362 e. The van der Waals surface area contributed by atoms with Crippen molar-refractivity contribution in [3.05, 3.63) is 78.8 Å². The van der Waals surface area contributed by atoms with Crippen LogP contribution in [-0.4, -0.2) is 15.1 Å². The van der Waals surface area contributed by atoms with E-state index in [4.69, 9.17) is 12.2 Å². The minimum Gasteiger partial charge on any atom is -0.362 e. The Morgan fingerprint density at radius 2 is 1.93 bits per heavy atom. The van der Waals surface area contributed by atoms with Crippen LogP contribution in [-0.2, 0) is 0 Å². The average molecular weight is 567 g/mol. The molecular formula is C21H20BrIN4S. The number of aryl methyl sites for hydroxylation is 3. The number of aromatic nitrogens is 2. The van der Waals surface area contributed by atoms with Gasteiger partial charge in [-0.25, -0.2) is 0 Å². The molecule has 2 N–H and O–H groups in total. The second-order valence-electron chi connectivity index (χ2n) is 7.03. The van der Waals surface area contributed by atoms with Gasteiger partial charge in [-0.3, -0.25) is 4.98 Å². The van der Waals surface area contributed by atoms with Gasteiger partial charge in [0.15, 0.2) is 5.11 Å². The van der Waals surface area contributed by atoms with E-state index >= 15 is 0 Å². The molecule has 0 bridgehead atoms. The van der Waals surface area contributed by atoms with E-state index in [1.54, 1.807) is 0 Å². The molecule has 0 amide bonds. The molecule has 1 aromatic carbocycles. The Hall–Kier alpha value is -1.45. The van der Waals surface area contributed by atoms with Gasteiger partial charge in [0.1, 0.15) is 0 Å². The van der Waals surface area contributed by atoms with Gasteiger partial charge in [-0.05, 0) is 91.5 Å². The third-order valence-electron chi connectivity index (χ3n) is 5.16. The summed E-state index contributed by atoms with van der Waals surface area (Å²) in [7, 11) is 0. The van der Waals surface area contributed by atoms with E-state index < -0.39 is 0 Å². The van der Waals surface area contributed by atoms with Crippen molar-refractivity contribution in [3.63, 3.8) is 0 Å². The number of rotatable bonds is 3. The van der Waals surface area contributed by atoms with Gasteiger partial charge in [-0.1, -0.05) is 22.0 Å². The number of nitrogens with zero attached hydrogens (tertiary/aromatic N) is 2. The van der Waals surface area contributed by atoms with Crippen LogP contribution in [0.4, 0.5) is 5.69 Å². The molecule has 4 nitrogen and oxygen atoms in total. The number of aromatic amines is 1. The fraction of sp³-hybridized carbons (Fsp3) is 0.238. The average Bonchev–Trinajstić information content (AvgIpc) is 3.13. The molecule has 2 atom stereocenters. The van der Waals surface area contributed by atoms with Crippen molar-refractivity contribution < 1.29 is 0 Å². The molecule has 0 aliphatic carbocycles. The van der Waals surface area contributed by atoms with E-state index in [2.05, 4.69) is 104 Å². The summed E-state index contributed by atoms with van der Waals surface area (Å²) in [6.45, 7) is 6.34. The second-order valence-corrected chi connectivity index (χ2v) is 9.35. The van der Waals surface area contributed by atoms with E-state index in [0.29, 0.717) is 0 Å². The van der Waals surface area contributed by atoms with E-state index in [-0.39, 0.29) is 12.1 Å². The summed E-state index contributed by atoms with van der Waals surface area (Å²) in [6, 6.07) is 12.4. The fourth-order valence-electron chi connectivity index (χ4n) is 3.83. The molecule has 28 heavy (non-hydrogen) atoms. The summed E-state index contributed by atoms with van der Waals surface area (Å²) in [4.78, 5) is 10.4. The molecule has 0 unspecified atom stereocenters. The second kappa shape index (κ2) is 7.76. The van der Waals surface area contributed by atoms with Gasteiger partial charge in [-0.15, -0.1) is 0 Å². The summed E-state index contributed by atoms with van der Waals surface area (Å²) in [5, 5.41) is 4.25. The molecule has 7 heteroatoms. The minimum atomic E-state index is -0.0277. The van der Waals surface area contributed by atoms with Crippen LogP contribution in [0.25, 0.3) is 0 Å². The van der Waals surface area contributed by atoms with Crippen LogP contribution in [0.15, 0.2) is 47.1 Å². The topological polar surface area (TPSA) is 44.0 Å². The van der Waals surface area contributed by atoms with Gasteiger partial charge >= 0.3 is 0 Å². The van der Waals surface area contributed by atoms with Gasteiger partial charge in [0.2, 0.25) is 0 Å². The van der Waals surface area contributed by atoms with Crippen LogP contribution >= 0.6 is 50.7 Å². The number of nitrogens with one attached hydrogen (secondary N) is 2. The zero-order valence-corrected chi connectivity index (χ0v) is 20.3. The SMILES string of the molecule is Cc1cc(N2C(=S)N[C@@H](c3ccccn3)[C@@H]2c2c(C)[nH]c(C)c2I)ccc1Br. The molecule has 2 aromatic heterocycles. The van der Waals surface area contributed by atoms with Gasteiger partial charge in [0.25, 0.3) is 0 Å². The number of hydrogen-bond acceptors (Lipinski definition) is 2. The Kier molecular flexibility index (Phi) is 5.50. The summed E-state index contributed by atoms with van der Waals surface area (Å²) in [6.07, 6.45) is 1.84. The van der Waals surface area contributed by atoms with Crippen molar-refractivity contribution >= 4 is 61.5 Å². The van der Waals surface area contributed by atoms with Crippen molar-refractivity contribution in [2.45, 2.75) is 32.9 Å². The summed E-state index contributed by atoms with van der Waals surface area (Å²) >= 11 is 11.9. The van der Waals surface area contributed by atoms with Gasteiger partial charge < -0.3 is 15.2 Å². The van der Waals surface area contributed by atoms with E-state index in [1.807, 2.05) is 18.3 Å². The maximum Gasteiger partial charge on any atom is 0.174 e. The highest BCUT2D eigenvalue weighted by molar-refractivity contribution is 14.1. The Balaban J connectivity index is 1.91. The van der Waals surface area contributed by atoms with Crippen molar-refractivity contribution in [3.8, 4) is 0 Å². The Morgan fingerprint density at radius 3 is 2.54 bits per heavy atom. The lowest BCUT2D eigenvalue weighted by Gasteiger charge is -2.29. The zero-order chi connectivity index (χ0) is 20.0. The standard InChI is InChI=1S/C21H20BrIN4S/c1-11-10-14(7-8-15(11)22)27-20(17-12(2)25-13(3)18(17)23)19(26-21(27)28)16-6-4-5-9-24-16/h4-10,19-20,25H,1-3H3,(H,26,28)/t19-,20-/m0/s1. The quantitative estimate of drug-likeness (QED) is 0.307. The third kappa shape index (κ3) is 3.37. The monoisotopic (exact) mass is 566 g/mol. The van der Waals surface area contributed by atoms with E-state index in [0.717, 1.165) is 26.7 Å². The molecule has 1 aliphatic heterocycles. The molecule has 3 aromatic rings. The molecule has 0 spiro atoms. The number of H-pyrrole nitrogens is 1. The van der Waals surface area contributed by atoms with Crippen LogP contribution < -0.4 is 10.2 Å². The fourth-order valence-corrected chi connectivity index (χ4v) is 5.28. The first-order valence-electron chi connectivity index (χ1n) is 9.00. The van der Waals surface area contributed by atoms with Gasteiger partial charge in [0.05, 0.1) is 17.8 Å². The molecule has 1 saturated heterocycles. The summed E-state index contributed by atoms with van der Waals surface area (Å²) in [5.74, 6) is 0. The first-order chi connectivity index (χ1) is 13.4. The normalized spacial score (nSPS) is 19.2. The van der Waals surface area contributed by atoms with Crippen LogP contribution in [0.3, 0.4) is 0 Å². The van der Waals surface area contributed by atoms with Crippen LogP contribution in [0.1, 0.15) is 40.3 Å². The predicted octanol–water partition coefficient (Wildman–Crippen LogP) is 5.88. The number of hydrogen-bond donors (Lipinski definition) is 2. The Labute approximate surface area is 192 Å². The minimum absolute atomic E-state index is 0.0137. The number of pyridine rings is 1. The van der Waals surface area contributed by atoms with Crippen molar-refractivity contribution in [1.29, 1.82) is 0 Å². The highest BCUT2D eigenvalue weighted by Crippen LogP contribution is 2.45. The van der Waals surface area contributed by atoms with Crippen LogP contribution in [0.2, 0.25) is 0 Å². The summed E-state index contributed by atoms with van der Waals surface area (Å²) < 4.78 is 2.33. The van der Waals surface area contributed by atoms with Crippen LogP contribution in [0, 0.1) is 24.3 Å². The Bertz CT molecular complexity index is 1050. The van der Waals surface area contributed by atoms with Gasteiger partial charge in [0, 0.05) is 36.9 Å². The summed E-state index contributed by atoms with van der Waals surface area (Å²) in [5.41, 5.74) is 6.85.